The zero-order valence-electron chi connectivity index (χ0n) is 17.9. The van der Waals surface area contributed by atoms with Crippen molar-refractivity contribution in [2.24, 2.45) is 0 Å². The Morgan fingerprint density at radius 1 is 1.13 bits per heavy atom. The van der Waals surface area contributed by atoms with Gasteiger partial charge in [0, 0.05) is 0 Å². The van der Waals surface area contributed by atoms with Crippen molar-refractivity contribution in [3.8, 4) is 18.1 Å². The molecular formula is C23H27NO5S. The minimum absolute atomic E-state index is 0.123. The molecule has 0 heterocycles. The van der Waals surface area contributed by atoms with Gasteiger partial charge < -0.3 is 9.47 Å². The van der Waals surface area contributed by atoms with E-state index in [-0.39, 0.29) is 17.9 Å². The number of ether oxygens (including phenoxy) is 2. The van der Waals surface area contributed by atoms with E-state index in [0.717, 1.165) is 9.87 Å². The number of terminal acetylenes is 1. The molecule has 7 heteroatoms. The van der Waals surface area contributed by atoms with Crippen LogP contribution in [0.3, 0.4) is 0 Å². The van der Waals surface area contributed by atoms with Crippen LogP contribution < -0.4 is 4.74 Å². The summed E-state index contributed by atoms with van der Waals surface area (Å²) < 4.78 is 38.8. The summed E-state index contributed by atoms with van der Waals surface area (Å²) in [6, 6.07) is 9.72. The average Bonchev–Trinajstić information content (AvgIpc) is 2.73. The third-order valence-corrected chi connectivity index (χ3v) is 7.25. The summed E-state index contributed by atoms with van der Waals surface area (Å²) >= 11 is 0. The van der Waals surface area contributed by atoms with Gasteiger partial charge in [0.25, 0.3) is 0 Å². The molecule has 2 aromatic rings. The van der Waals surface area contributed by atoms with Crippen LogP contribution >= 0.6 is 0 Å². The van der Waals surface area contributed by atoms with Gasteiger partial charge in [0.05, 0.1) is 25.7 Å². The van der Waals surface area contributed by atoms with Crippen LogP contribution in [0.4, 0.5) is 0 Å². The van der Waals surface area contributed by atoms with Gasteiger partial charge in [0.1, 0.15) is 11.8 Å². The normalized spacial score (nSPS) is 12.3. The molecule has 0 amide bonds. The summed E-state index contributed by atoms with van der Waals surface area (Å²) in [5, 5.41) is 0. The second-order valence-electron chi connectivity index (χ2n) is 6.96. The Hall–Kier alpha value is -2.82. The molecule has 0 saturated carbocycles. The molecule has 0 bridgehead atoms. The zero-order valence-corrected chi connectivity index (χ0v) is 18.7. The lowest BCUT2D eigenvalue weighted by Gasteiger charge is -2.29. The van der Waals surface area contributed by atoms with E-state index < -0.39 is 22.0 Å². The summed E-state index contributed by atoms with van der Waals surface area (Å²) in [6.07, 6.45) is 5.64. The number of esters is 1. The molecule has 0 radical (unpaired) electrons. The van der Waals surface area contributed by atoms with Crippen LogP contribution in [0.15, 0.2) is 41.3 Å². The molecule has 160 valence electrons. The maximum atomic E-state index is 13.7. The summed E-state index contributed by atoms with van der Waals surface area (Å²) in [6.45, 7) is 4.94. The number of sulfonamides is 1. The Balaban J connectivity index is 2.65. The largest absolute Gasteiger partial charge is 0.496 e. The van der Waals surface area contributed by atoms with Gasteiger partial charge in [-0.1, -0.05) is 36.3 Å². The molecule has 0 aliphatic rings. The van der Waals surface area contributed by atoms with Crippen LogP contribution in [0.5, 0.6) is 5.75 Å². The van der Waals surface area contributed by atoms with E-state index in [1.54, 1.807) is 26.8 Å². The topological polar surface area (TPSA) is 72.9 Å². The highest BCUT2D eigenvalue weighted by molar-refractivity contribution is 7.89. The second-order valence-corrected chi connectivity index (χ2v) is 8.79. The highest BCUT2D eigenvalue weighted by Crippen LogP contribution is 2.33. The smallest absolute Gasteiger partial charge is 0.324 e. The standard InChI is InChI=1S/C23H27NO5S/c1-7-13-24(20(23(25)29-6)15-19-11-9-8-10-12-19)30(26,27)22-16(2)14-21(28-5)17(3)18(22)4/h1,8-12,14,20H,13,15H2,2-6H3. The van der Waals surface area contributed by atoms with E-state index in [1.807, 2.05) is 30.3 Å². The highest BCUT2D eigenvalue weighted by atomic mass is 32.2. The second kappa shape index (κ2) is 9.79. The van der Waals surface area contributed by atoms with Gasteiger partial charge in [-0.05, 0) is 55.5 Å². The van der Waals surface area contributed by atoms with Crippen molar-refractivity contribution < 1.29 is 22.7 Å². The molecule has 0 saturated heterocycles. The first-order valence-corrected chi connectivity index (χ1v) is 10.8. The quantitative estimate of drug-likeness (QED) is 0.476. The fraction of sp³-hybridized carbons (Fsp3) is 0.348. The molecule has 0 N–H and O–H groups in total. The van der Waals surface area contributed by atoms with Crippen molar-refractivity contribution in [2.75, 3.05) is 20.8 Å². The number of methoxy groups -OCH3 is 2. The number of hydrogen-bond acceptors (Lipinski definition) is 5. The Labute approximate surface area is 178 Å². The predicted octanol–water partition coefficient (Wildman–Crippen LogP) is 3.03. The number of nitrogens with zero attached hydrogens (tertiary/aromatic N) is 1. The lowest BCUT2D eigenvalue weighted by atomic mass is 10.1. The number of rotatable bonds is 8. The van der Waals surface area contributed by atoms with Gasteiger partial charge in [-0.2, -0.15) is 4.31 Å². The van der Waals surface area contributed by atoms with E-state index >= 15 is 0 Å². The van der Waals surface area contributed by atoms with Crippen molar-refractivity contribution in [2.45, 2.75) is 38.1 Å². The molecule has 30 heavy (non-hydrogen) atoms. The zero-order chi connectivity index (χ0) is 22.5. The van der Waals surface area contributed by atoms with Crippen LogP contribution in [-0.4, -0.2) is 45.5 Å². The van der Waals surface area contributed by atoms with E-state index in [1.165, 1.54) is 14.2 Å². The van der Waals surface area contributed by atoms with Gasteiger partial charge in [0.2, 0.25) is 10.0 Å². The number of benzene rings is 2. The van der Waals surface area contributed by atoms with Crippen molar-refractivity contribution in [3.05, 3.63) is 58.7 Å². The minimum atomic E-state index is -4.11. The number of hydrogen-bond donors (Lipinski definition) is 0. The molecule has 0 aliphatic carbocycles. The molecule has 1 atom stereocenters. The van der Waals surface area contributed by atoms with Crippen LogP contribution in [0.25, 0.3) is 0 Å². The fourth-order valence-electron chi connectivity index (χ4n) is 3.48. The molecule has 6 nitrogen and oxygen atoms in total. The van der Waals surface area contributed by atoms with Gasteiger partial charge in [0.15, 0.2) is 0 Å². The molecular weight excluding hydrogens is 402 g/mol. The van der Waals surface area contributed by atoms with Crippen molar-refractivity contribution in [3.63, 3.8) is 0 Å². The van der Waals surface area contributed by atoms with E-state index in [0.29, 0.717) is 22.4 Å². The average molecular weight is 430 g/mol. The minimum Gasteiger partial charge on any atom is -0.496 e. The maximum absolute atomic E-state index is 13.7. The fourth-order valence-corrected chi connectivity index (χ4v) is 5.46. The number of aryl methyl sites for hydroxylation is 1. The van der Waals surface area contributed by atoms with E-state index in [2.05, 4.69) is 5.92 Å². The summed E-state index contributed by atoms with van der Waals surface area (Å²) in [7, 11) is -1.35. The maximum Gasteiger partial charge on any atom is 0.324 e. The Kier molecular flexibility index (Phi) is 7.65. The summed E-state index contributed by atoms with van der Waals surface area (Å²) in [5.41, 5.74) is 2.57. The van der Waals surface area contributed by atoms with Crippen molar-refractivity contribution >= 4 is 16.0 Å². The third kappa shape index (κ3) is 4.66. The van der Waals surface area contributed by atoms with E-state index in [9.17, 15) is 13.2 Å². The molecule has 0 spiro atoms. The monoisotopic (exact) mass is 429 g/mol. The molecule has 0 aliphatic heterocycles. The summed E-state index contributed by atoms with van der Waals surface area (Å²) in [4.78, 5) is 12.8. The predicted molar refractivity (Wildman–Crippen MR) is 116 cm³/mol. The molecule has 0 aromatic heterocycles. The Morgan fingerprint density at radius 3 is 2.30 bits per heavy atom. The summed E-state index contributed by atoms with van der Waals surface area (Å²) in [5.74, 6) is 2.31. The first kappa shape index (κ1) is 23.5. The van der Waals surface area contributed by atoms with E-state index in [4.69, 9.17) is 15.9 Å². The van der Waals surface area contributed by atoms with Crippen LogP contribution in [0.1, 0.15) is 22.3 Å². The van der Waals surface area contributed by atoms with Gasteiger partial charge in [-0.25, -0.2) is 8.42 Å². The molecule has 2 rings (SSSR count). The van der Waals surface area contributed by atoms with Crippen molar-refractivity contribution in [1.82, 2.24) is 4.31 Å². The first-order valence-electron chi connectivity index (χ1n) is 9.40. The van der Waals surface area contributed by atoms with Gasteiger partial charge in [-0.15, -0.1) is 6.42 Å². The lowest BCUT2D eigenvalue weighted by molar-refractivity contribution is -0.145. The highest BCUT2D eigenvalue weighted by Gasteiger charge is 2.38. The van der Waals surface area contributed by atoms with Gasteiger partial charge >= 0.3 is 5.97 Å². The number of carbonyl (C=O) groups excluding carboxylic acids is 1. The van der Waals surface area contributed by atoms with Crippen LogP contribution in [0, 0.1) is 33.1 Å². The molecule has 0 fully saturated rings. The third-order valence-electron chi connectivity index (χ3n) is 5.10. The van der Waals surface area contributed by atoms with Gasteiger partial charge in [-0.3, -0.25) is 4.79 Å². The SMILES string of the molecule is C#CCN(C(Cc1ccccc1)C(=O)OC)S(=O)(=O)c1c(C)cc(OC)c(C)c1C. The number of carbonyl (C=O) groups is 1. The van der Waals surface area contributed by atoms with Crippen LogP contribution in [0.2, 0.25) is 0 Å². The molecule has 2 aromatic carbocycles. The Morgan fingerprint density at radius 2 is 1.77 bits per heavy atom. The van der Waals surface area contributed by atoms with Crippen molar-refractivity contribution in [1.29, 1.82) is 0 Å². The Bertz CT molecular complexity index is 1060. The lowest BCUT2D eigenvalue weighted by Crippen LogP contribution is -2.47. The van der Waals surface area contributed by atoms with Crippen LogP contribution in [-0.2, 0) is 26.0 Å². The first-order chi connectivity index (χ1) is 14.2. The molecule has 1 unspecified atom stereocenters.